The van der Waals surface area contributed by atoms with E-state index in [9.17, 15) is 21.2 Å². The van der Waals surface area contributed by atoms with Crippen molar-refractivity contribution >= 4 is 43.2 Å². The van der Waals surface area contributed by atoms with Gasteiger partial charge in [0.25, 0.3) is 0 Å². The summed E-state index contributed by atoms with van der Waals surface area (Å²) in [5.41, 5.74) is 1.64. The number of aromatic nitrogens is 2. The molecule has 0 spiro atoms. The highest BCUT2D eigenvalue weighted by molar-refractivity contribution is 7.90. The molecule has 13 heteroatoms. The molecule has 0 radical (unpaired) electrons. The molecule has 1 aromatic heterocycles. The van der Waals surface area contributed by atoms with Gasteiger partial charge >= 0.3 is 0 Å². The highest BCUT2D eigenvalue weighted by atomic mass is 32.2. The molecule has 0 unspecified atom stereocenters. The van der Waals surface area contributed by atoms with Crippen LogP contribution in [0, 0.1) is 5.82 Å². The standard InChI is InChI=1S/C20H21FN6O4S2/c21-18-12-23-20(26-15-2-1-3-17(10-15)32(22,28)29)27-19(18)25-14-6-4-13(5-7-14)11-24-33(30,31)16-8-9-16/h1-7,10,12,16,24H,8-9,11H2,(H2,22,28,29)(H2,23,25,26,27). The SMILES string of the molecule is NS(=O)(=O)c1cccc(Nc2ncc(F)c(Nc3ccc(CNS(=O)(=O)C4CC4)cc3)n2)c1. The first-order valence-corrected chi connectivity index (χ1v) is 13.0. The zero-order chi connectivity index (χ0) is 23.6. The van der Waals surface area contributed by atoms with Gasteiger partial charge in [-0.3, -0.25) is 0 Å². The average Bonchev–Trinajstić information content (AvgIpc) is 3.62. The van der Waals surface area contributed by atoms with E-state index in [1.165, 1.54) is 18.2 Å². The fourth-order valence-electron chi connectivity index (χ4n) is 2.92. The van der Waals surface area contributed by atoms with Crippen LogP contribution in [0.1, 0.15) is 18.4 Å². The number of rotatable bonds is 9. The third kappa shape index (κ3) is 6.01. The molecule has 1 aliphatic rings. The number of benzene rings is 2. The molecule has 4 rings (SSSR count). The fourth-order valence-corrected chi connectivity index (χ4v) is 4.84. The van der Waals surface area contributed by atoms with Gasteiger partial charge in [0.2, 0.25) is 26.0 Å². The van der Waals surface area contributed by atoms with Gasteiger partial charge in [0.15, 0.2) is 11.6 Å². The largest absolute Gasteiger partial charge is 0.338 e. The summed E-state index contributed by atoms with van der Waals surface area (Å²) in [7, 11) is -7.15. The molecule has 1 heterocycles. The second-order valence-corrected chi connectivity index (χ2v) is 11.1. The minimum Gasteiger partial charge on any atom is -0.338 e. The van der Waals surface area contributed by atoms with Crippen LogP contribution in [0.25, 0.3) is 0 Å². The molecule has 1 saturated carbocycles. The fraction of sp³-hybridized carbons (Fsp3) is 0.200. The smallest absolute Gasteiger partial charge is 0.238 e. The van der Waals surface area contributed by atoms with Gasteiger partial charge in [-0.1, -0.05) is 18.2 Å². The summed E-state index contributed by atoms with van der Waals surface area (Å²) in [6, 6.07) is 12.5. The molecule has 5 N–H and O–H groups in total. The molecular formula is C20H21FN6O4S2. The molecule has 174 valence electrons. The van der Waals surface area contributed by atoms with Crippen molar-refractivity contribution in [3.63, 3.8) is 0 Å². The van der Waals surface area contributed by atoms with E-state index in [-0.39, 0.29) is 28.5 Å². The quantitative estimate of drug-likeness (QED) is 0.355. The lowest BCUT2D eigenvalue weighted by atomic mass is 10.2. The summed E-state index contributed by atoms with van der Waals surface area (Å²) in [5, 5.41) is 10.5. The number of primary sulfonamides is 1. The Morgan fingerprint density at radius 3 is 2.39 bits per heavy atom. The van der Waals surface area contributed by atoms with E-state index in [1.807, 2.05) is 0 Å². The van der Waals surface area contributed by atoms with Crippen LogP contribution in [0.3, 0.4) is 0 Å². The van der Waals surface area contributed by atoms with Crippen LogP contribution in [0.15, 0.2) is 59.6 Å². The van der Waals surface area contributed by atoms with Crippen LogP contribution in [0.5, 0.6) is 0 Å². The summed E-state index contributed by atoms with van der Waals surface area (Å²) < 4.78 is 63.7. The average molecular weight is 493 g/mol. The molecule has 1 aliphatic carbocycles. The molecule has 10 nitrogen and oxygen atoms in total. The number of nitrogens with zero attached hydrogens (tertiary/aromatic N) is 2. The van der Waals surface area contributed by atoms with E-state index in [1.54, 1.807) is 30.3 Å². The Labute approximate surface area is 190 Å². The van der Waals surface area contributed by atoms with Gasteiger partial charge in [0.1, 0.15) is 0 Å². The lowest BCUT2D eigenvalue weighted by Gasteiger charge is -2.11. The second kappa shape index (κ2) is 9.02. The molecule has 2 aromatic carbocycles. The predicted molar refractivity (Wildman–Crippen MR) is 122 cm³/mol. The first kappa shape index (κ1) is 23.0. The Balaban J connectivity index is 1.44. The van der Waals surface area contributed by atoms with Crippen molar-refractivity contribution in [1.29, 1.82) is 0 Å². The number of halogens is 1. The van der Waals surface area contributed by atoms with Crippen molar-refractivity contribution in [1.82, 2.24) is 14.7 Å². The minimum absolute atomic E-state index is 0.0385. The van der Waals surface area contributed by atoms with Gasteiger partial charge in [-0.25, -0.2) is 36.1 Å². The van der Waals surface area contributed by atoms with Crippen LogP contribution in [0.4, 0.5) is 27.5 Å². The Morgan fingerprint density at radius 1 is 1.00 bits per heavy atom. The molecule has 0 aliphatic heterocycles. The number of anilines is 4. The van der Waals surface area contributed by atoms with Gasteiger partial charge < -0.3 is 10.6 Å². The van der Waals surface area contributed by atoms with Gasteiger partial charge in [-0.15, -0.1) is 0 Å². The maximum atomic E-state index is 14.2. The van der Waals surface area contributed by atoms with Gasteiger partial charge in [-0.05, 0) is 48.7 Å². The van der Waals surface area contributed by atoms with Crippen LogP contribution >= 0.6 is 0 Å². The molecule has 1 fully saturated rings. The lowest BCUT2D eigenvalue weighted by Crippen LogP contribution is -2.26. The van der Waals surface area contributed by atoms with Gasteiger partial charge in [0, 0.05) is 17.9 Å². The highest BCUT2D eigenvalue weighted by Gasteiger charge is 2.35. The topological polar surface area (TPSA) is 156 Å². The van der Waals surface area contributed by atoms with E-state index < -0.39 is 25.9 Å². The Morgan fingerprint density at radius 2 is 1.73 bits per heavy atom. The first-order chi connectivity index (χ1) is 15.6. The molecule has 33 heavy (non-hydrogen) atoms. The number of nitrogens with one attached hydrogen (secondary N) is 3. The number of sulfonamides is 2. The molecule has 0 amide bonds. The van der Waals surface area contributed by atoms with Crippen molar-refractivity contribution in [3.05, 3.63) is 66.1 Å². The molecular weight excluding hydrogens is 471 g/mol. The van der Waals surface area contributed by atoms with E-state index in [0.717, 1.165) is 11.8 Å². The summed E-state index contributed by atoms with van der Waals surface area (Å²) >= 11 is 0. The number of hydrogen-bond acceptors (Lipinski definition) is 8. The Bertz CT molecular complexity index is 1380. The lowest BCUT2D eigenvalue weighted by molar-refractivity contribution is 0.580. The van der Waals surface area contributed by atoms with Crippen molar-refractivity contribution in [2.45, 2.75) is 29.5 Å². The van der Waals surface area contributed by atoms with E-state index >= 15 is 0 Å². The van der Waals surface area contributed by atoms with Crippen LogP contribution in [-0.4, -0.2) is 32.1 Å². The summed E-state index contributed by atoms with van der Waals surface area (Å²) in [4.78, 5) is 7.87. The van der Waals surface area contributed by atoms with Crippen molar-refractivity contribution in [2.75, 3.05) is 10.6 Å². The highest BCUT2D eigenvalue weighted by Crippen LogP contribution is 2.27. The zero-order valence-corrected chi connectivity index (χ0v) is 18.8. The zero-order valence-electron chi connectivity index (χ0n) is 17.2. The maximum absolute atomic E-state index is 14.2. The molecule has 0 bridgehead atoms. The minimum atomic E-state index is -3.88. The second-order valence-electron chi connectivity index (χ2n) is 7.48. The number of nitrogens with two attached hydrogens (primary N) is 1. The Hall–Kier alpha value is -3.13. The number of hydrogen-bond donors (Lipinski definition) is 4. The first-order valence-electron chi connectivity index (χ1n) is 9.87. The van der Waals surface area contributed by atoms with E-state index in [0.29, 0.717) is 24.2 Å². The third-order valence-electron chi connectivity index (χ3n) is 4.82. The molecule has 0 saturated heterocycles. The van der Waals surface area contributed by atoms with E-state index in [4.69, 9.17) is 5.14 Å². The summed E-state index contributed by atoms with van der Waals surface area (Å²) in [6.45, 7) is 0.173. The van der Waals surface area contributed by atoms with Crippen molar-refractivity contribution < 1.29 is 21.2 Å². The normalized spacial score (nSPS) is 14.1. The van der Waals surface area contributed by atoms with Crippen LogP contribution in [-0.2, 0) is 26.6 Å². The van der Waals surface area contributed by atoms with Crippen molar-refractivity contribution in [3.8, 4) is 0 Å². The van der Waals surface area contributed by atoms with Gasteiger partial charge in [0.05, 0.1) is 16.3 Å². The summed E-state index contributed by atoms with van der Waals surface area (Å²) in [6.07, 6.45) is 2.36. The molecule has 0 atom stereocenters. The summed E-state index contributed by atoms with van der Waals surface area (Å²) in [5.74, 6) is -0.756. The third-order valence-corrected chi connectivity index (χ3v) is 7.63. The molecule has 3 aromatic rings. The predicted octanol–water partition coefficient (Wildman–Crippen LogP) is 2.33. The monoisotopic (exact) mass is 492 g/mol. The van der Waals surface area contributed by atoms with Crippen molar-refractivity contribution in [2.24, 2.45) is 5.14 Å². The van der Waals surface area contributed by atoms with Crippen LogP contribution < -0.4 is 20.5 Å². The van der Waals surface area contributed by atoms with Gasteiger partial charge in [-0.2, -0.15) is 4.98 Å². The van der Waals surface area contributed by atoms with E-state index in [2.05, 4.69) is 25.3 Å². The Kier molecular flexibility index (Phi) is 6.30. The maximum Gasteiger partial charge on any atom is 0.238 e. The van der Waals surface area contributed by atoms with Crippen LogP contribution in [0.2, 0.25) is 0 Å².